The highest BCUT2D eigenvalue weighted by atomic mass is 127. The minimum atomic E-state index is -0.224. The summed E-state index contributed by atoms with van der Waals surface area (Å²) in [6, 6.07) is 5.51. The molecule has 0 aliphatic heterocycles. The average Bonchev–Trinajstić information content (AvgIpc) is 2.18. The van der Waals surface area contributed by atoms with Crippen molar-refractivity contribution in [2.75, 3.05) is 6.61 Å². The number of halogens is 2. The fourth-order valence-electron chi connectivity index (χ4n) is 0.864. The zero-order chi connectivity index (χ0) is 10.6. The third-order valence-corrected chi connectivity index (χ3v) is 2.92. The van der Waals surface area contributed by atoms with Crippen molar-refractivity contribution in [3.63, 3.8) is 0 Å². The smallest absolute Gasteiger partial charge is 0.274 e. The summed E-state index contributed by atoms with van der Waals surface area (Å²) in [6.07, 6.45) is 0. The first-order valence-electron chi connectivity index (χ1n) is 4.02. The topological polar surface area (TPSA) is 38.3 Å². The van der Waals surface area contributed by atoms with Gasteiger partial charge in [0.1, 0.15) is 0 Å². The van der Waals surface area contributed by atoms with Crippen LogP contribution in [0.1, 0.15) is 17.3 Å². The number of amides is 1. The van der Waals surface area contributed by atoms with Gasteiger partial charge in [0.2, 0.25) is 0 Å². The zero-order valence-electron chi connectivity index (χ0n) is 7.51. The molecule has 76 valence electrons. The number of carbonyl (C=O) groups is 1. The Morgan fingerprint density at radius 3 is 3.00 bits per heavy atom. The van der Waals surface area contributed by atoms with Gasteiger partial charge in [-0.05, 0) is 47.7 Å². The maximum Gasteiger partial charge on any atom is 0.275 e. The third kappa shape index (κ3) is 3.21. The average molecular weight is 370 g/mol. The van der Waals surface area contributed by atoms with Crippen molar-refractivity contribution < 1.29 is 9.63 Å². The van der Waals surface area contributed by atoms with Crippen molar-refractivity contribution >= 4 is 44.4 Å². The number of nitrogens with one attached hydrogen (secondary N) is 1. The molecule has 0 radical (unpaired) electrons. The molecular formula is C9H9BrINO2. The second-order valence-corrected chi connectivity index (χ2v) is 4.57. The van der Waals surface area contributed by atoms with Crippen molar-refractivity contribution in [2.24, 2.45) is 0 Å². The van der Waals surface area contributed by atoms with Gasteiger partial charge in [0, 0.05) is 8.04 Å². The summed E-state index contributed by atoms with van der Waals surface area (Å²) in [7, 11) is 0. The van der Waals surface area contributed by atoms with Crippen LogP contribution in [0.4, 0.5) is 0 Å². The van der Waals surface area contributed by atoms with E-state index in [1.165, 1.54) is 0 Å². The number of hydroxylamine groups is 1. The summed E-state index contributed by atoms with van der Waals surface area (Å²) in [6.45, 7) is 2.27. The van der Waals surface area contributed by atoms with E-state index < -0.39 is 0 Å². The molecule has 1 aromatic rings. The van der Waals surface area contributed by atoms with Gasteiger partial charge in [-0.15, -0.1) is 0 Å². The summed E-state index contributed by atoms with van der Waals surface area (Å²) < 4.78 is 1.77. The highest BCUT2D eigenvalue weighted by Gasteiger charge is 2.09. The monoisotopic (exact) mass is 369 g/mol. The van der Waals surface area contributed by atoms with Gasteiger partial charge in [0.05, 0.1) is 12.2 Å². The maximum atomic E-state index is 11.5. The SMILES string of the molecule is CCONC(=O)c1cc(Br)ccc1I. The second kappa shape index (κ2) is 5.67. The lowest BCUT2D eigenvalue weighted by atomic mass is 10.2. The highest BCUT2D eigenvalue weighted by Crippen LogP contribution is 2.18. The normalized spacial score (nSPS) is 9.93. The summed E-state index contributed by atoms with van der Waals surface area (Å²) in [4.78, 5) is 16.3. The van der Waals surface area contributed by atoms with Crippen LogP contribution in [0.2, 0.25) is 0 Å². The molecule has 0 saturated carbocycles. The minimum absolute atomic E-state index is 0.224. The van der Waals surface area contributed by atoms with Gasteiger partial charge >= 0.3 is 0 Å². The number of carbonyl (C=O) groups excluding carboxylic acids is 1. The molecule has 14 heavy (non-hydrogen) atoms. The van der Waals surface area contributed by atoms with Crippen LogP contribution in [-0.4, -0.2) is 12.5 Å². The summed E-state index contributed by atoms with van der Waals surface area (Å²) in [5, 5.41) is 0. The molecule has 1 aromatic carbocycles. The van der Waals surface area contributed by atoms with E-state index in [1.54, 1.807) is 6.07 Å². The molecule has 1 rings (SSSR count). The van der Waals surface area contributed by atoms with E-state index in [4.69, 9.17) is 4.84 Å². The van der Waals surface area contributed by atoms with Gasteiger partial charge < -0.3 is 0 Å². The molecule has 0 bridgehead atoms. The molecule has 3 nitrogen and oxygen atoms in total. The molecule has 0 unspecified atom stereocenters. The fraction of sp³-hybridized carbons (Fsp3) is 0.222. The standard InChI is InChI=1S/C9H9BrINO2/c1-2-14-12-9(13)7-5-6(10)3-4-8(7)11/h3-5H,2H2,1H3,(H,12,13). The van der Waals surface area contributed by atoms with Crippen LogP contribution in [0, 0.1) is 3.57 Å². The summed E-state index contributed by atoms with van der Waals surface area (Å²) in [5.41, 5.74) is 2.96. The van der Waals surface area contributed by atoms with Crippen LogP contribution in [0.15, 0.2) is 22.7 Å². The molecule has 0 fully saturated rings. The van der Waals surface area contributed by atoms with Crippen LogP contribution in [0.25, 0.3) is 0 Å². The largest absolute Gasteiger partial charge is 0.275 e. The lowest BCUT2D eigenvalue weighted by molar-refractivity contribution is 0.0363. The lowest BCUT2D eigenvalue weighted by Crippen LogP contribution is -2.24. The molecule has 1 amide bonds. The summed E-state index contributed by atoms with van der Waals surface area (Å²) >= 11 is 5.42. The van der Waals surface area contributed by atoms with Crippen LogP contribution in [-0.2, 0) is 4.84 Å². The first-order chi connectivity index (χ1) is 6.65. The number of hydrogen-bond donors (Lipinski definition) is 1. The van der Waals surface area contributed by atoms with E-state index in [1.807, 2.05) is 19.1 Å². The van der Waals surface area contributed by atoms with Gasteiger partial charge in [-0.3, -0.25) is 9.63 Å². The Kier molecular flexibility index (Phi) is 4.83. The Bertz CT molecular complexity index is 344. The number of benzene rings is 1. The first-order valence-corrected chi connectivity index (χ1v) is 5.89. The van der Waals surface area contributed by atoms with Gasteiger partial charge in [-0.1, -0.05) is 15.9 Å². The van der Waals surface area contributed by atoms with Gasteiger partial charge in [-0.25, -0.2) is 5.48 Å². The fourth-order valence-corrected chi connectivity index (χ4v) is 1.81. The maximum absolute atomic E-state index is 11.5. The van der Waals surface area contributed by atoms with Crippen LogP contribution in [0.5, 0.6) is 0 Å². The Morgan fingerprint density at radius 2 is 2.36 bits per heavy atom. The quantitative estimate of drug-likeness (QED) is 0.657. The van der Waals surface area contributed by atoms with Crippen molar-refractivity contribution in [1.82, 2.24) is 5.48 Å². The van der Waals surface area contributed by atoms with Gasteiger partial charge in [0.25, 0.3) is 5.91 Å². The van der Waals surface area contributed by atoms with Crippen molar-refractivity contribution in [2.45, 2.75) is 6.92 Å². The van der Waals surface area contributed by atoms with E-state index in [9.17, 15) is 4.79 Å². The van der Waals surface area contributed by atoms with E-state index in [0.29, 0.717) is 12.2 Å². The molecule has 0 spiro atoms. The lowest BCUT2D eigenvalue weighted by Gasteiger charge is -2.05. The van der Waals surface area contributed by atoms with Crippen LogP contribution < -0.4 is 5.48 Å². The Morgan fingerprint density at radius 1 is 1.64 bits per heavy atom. The van der Waals surface area contributed by atoms with Crippen molar-refractivity contribution in [3.05, 3.63) is 31.8 Å². The molecule has 0 aromatic heterocycles. The zero-order valence-corrected chi connectivity index (χ0v) is 11.3. The van der Waals surface area contributed by atoms with Crippen LogP contribution >= 0.6 is 38.5 Å². The third-order valence-electron chi connectivity index (χ3n) is 1.48. The van der Waals surface area contributed by atoms with E-state index in [-0.39, 0.29) is 5.91 Å². The Balaban J connectivity index is 2.83. The molecule has 0 saturated heterocycles. The van der Waals surface area contributed by atoms with Gasteiger partial charge in [0.15, 0.2) is 0 Å². The molecule has 5 heteroatoms. The Hall–Kier alpha value is -0.140. The first kappa shape index (κ1) is 11.9. The number of rotatable bonds is 3. The second-order valence-electron chi connectivity index (χ2n) is 2.49. The molecular weight excluding hydrogens is 361 g/mol. The van der Waals surface area contributed by atoms with E-state index in [0.717, 1.165) is 8.04 Å². The predicted octanol–water partition coefficient (Wildman–Crippen LogP) is 2.74. The molecule has 1 N–H and O–H groups in total. The van der Waals surface area contributed by atoms with E-state index in [2.05, 4.69) is 44.0 Å². The highest BCUT2D eigenvalue weighted by molar-refractivity contribution is 14.1. The number of hydrogen-bond acceptors (Lipinski definition) is 2. The molecule has 0 heterocycles. The molecule has 0 aliphatic carbocycles. The van der Waals surface area contributed by atoms with Gasteiger partial charge in [-0.2, -0.15) is 0 Å². The van der Waals surface area contributed by atoms with Crippen molar-refractivity contribution in [3.8, 4) is 0 Å². The van der Waals surface area contributed by atoms with Crippen molar-refractivity contribution in [1.29, 1.82) is 0 Å². The van der Waals surface area contributed by atoms with Crippen LogP contribution in [0.3, 0.4) is 0 Å². The predicted molar refractivity (Wildman–Crippen MR) is 66.0 cm³/mol. The molecule has 0 atom stereocenters. The Labute approximate surface area is 104 Å². The molecule has 0 aliphatic rings. The minimum Gasteiger partial charge on any atom is -0.274 e. The summed E-state index contributed by atoms with van der Waals surface area (Å²) in [5.74, 6) is -0.224. The van der Waals surface area contributed by atoms with E-state index >= 15 is 0 Å².